The van der Waals surface area contributed by atoms with Crippen LogP contribution >= 0.6 is 0 Å². The number of hydrogen-bond acceptors (Lipinski definition) is 4. The van der Waals surface area contributed by atoms with Gasteiger partial charge in [-0.3, -0.25) is 0 Å². The third-order valence-corrected chi connectivity index (χ3v) is 1.16. The van der Waals surface area contributed by atoms with Gasteiger partial charge in [-0.25, -0.2) is 5.01 Å². The minimum Gasteiger partial charge on any atom is -0.358 e. The van der Waals surface area contributed by atoms with Gasteiger partial charge in [0.2, 0.25) is 0 Å². The first kappa shape index (κ1) is 6.00. The van der Waals surface area contributed by atoms with Crippen LogP contribution in [0, 0.1) is 10.1 Å². The molecule has 1 heterocycles. The first-order valence-electron chi connectivity index (χ1n) is 2.63. The van der Waals surface area contributed by atoms with E-state index in [1.807, 2.05) is 0 Å². The van der Waals surface area contributed by atoms with Crippen molar-refractivity contribution in [2.75, 3.05) is 13.6 Å². The smallest absolute Gasteiger partial charge is 0.358 e. The van der Waals surface area contributed by atoms with Crippen molar-refractivity contribution >= 4 is 5.84 Å². The summed E-state index contributed by atoms with van der Waals surface area (Å²) in [6.45, 7) is 0.663. The minimum absolute atomic E-state index is 0.0671. The monoisotopic (exact) mass is 129 g/mol. The number of hydrazone groups is 1. The lowest BCUT2D eigenvalue weighted by Gasteiger charge is -1.91. The summed E-state index contributed by atoms with van der Waals surface area (Å²) < 4.78 is 0. The molecular weight excluding hydrogens is 122 g/mol. The molecule has 0 saturated heterocycles. The number of amidine groups is 1. The second kappa shape index (κ2) is 2.00. The number of nitrogens with zero attached hydrogens (tertiary/aromatic N) is 3. The lowest BCUT2D eigenvalue weighted by Crippen LogP contribution is -2.07. The van der Waals surface area contributed by atoms with E-state index in [0.717, 1.165) is 0 Å². The summed E-state index contributed by atoms with van der Waals surface area (Å²) in [6, 6.07) is 0. The molecule has 0 unspecified atom stereocenters. The van der Waals surface area contributed by atoms with Crippen molar-refractivity contribution in [3.63, 3.8) is 0 Å². The van der Waals surface area contributed by atoms with Crippen LogP contribution in [0.25, 0.3) is 0 Å². The van der Waals surface area contributed by atoms with Crippen molar-refractivity contribution in [1.29, 1.82) is 0 Å². The molecule has 0 bridgehead atoms. The molecule has 50 valence electrons. The van der Waals surface area contributed by atoms with E-state index in [9.17, 15) is 10.1 Å². The quantitative estimate of drug-likeness (QED) is 0.339. The van der Waals surface area contributed by atoms with Gasteiger partial charge in [0.05, 0.1) is 13.0 Å². The molecular formula is C4H7N3O2. The lowest BCUT2D eigenvalue weighted by atomic mass is 10.4. The summed E-state index contributed by atoms with van der Waals surface area (Å²) in [5.74, 6) is 0.0671. The molecule has 0 spiro atoms. The third-order valence-electron chi connectivity index (χ3n) is 1.16. The molecule has 0 aromatic rings. The first-order valence-corrected chi connectivity index (χ1v) is 2.63. The van der Waals surface area contributed by atoms with Crippen LogP contribution in [0.5, 0.6) is 0 Å². The van der Waals surface area contributed by atoms with Crippen molar-refractivity contribution in [3.05, 3.63) is 10.1 Å². The van der Waals surface area contributed by atoms with E-state index in [1.165, 1.54) is 0 Å². The van der Waals surface area contributed by atoms with E-state index < -0.39 is 4.92 Å². The lowest BCUT2D eigenvalue weighted by molar-refractivity contribution is -0.352. The molecule has 0 saturated carbocycles. The van der Waals surface area contributed by atoms with Crippen LogP contribution in [0.2, 0.25) is 0 Å². The molecule has 0 radical (unpaired) electrons. The maximum atomic E-state index is 10.00. The third kappa shape index (κ3) is 1.16. The highest BCUT2D eigenvalue weighted by Gasteiger charge is 2.22. The normalized spacial score (nSPS) is 17.9. The second-order valence-corrected chi connectivity index (χ2v) is 1.90. The van der Waals surface area contributed by atoms with Gasteiger partial charge in [0.25, 0.3) is 0 Å². The van der Waals surface area contributed by atoms with Gasteiger partial charge in [-0.05, 0) is 4.92 Å². The van der Waals surface area contributed by atoms with Crippen LogP contribution < -0.4 is 0 Å². The van der Waals surface area contributed by atoms with Gasteiger partial charge in [0.1, 0.15) is 0 Å². The van der Waals surface area contributed by atoms with Crippen LogP contribution in [-0.4, -0.2) is 29.4 Å². The Morgan fingerprint density at radius 3 is 2.78 bits per heavy atom. The van der Waals surface area contributed by atoms with Crippen molar-refractivity contribution in [2.24, 2.45) is 5.10 Å². The standard InChI is InChI=1S/C4H7N3O2/c1-6-3-2-4(5-6)7(8)9/h2-3H2,1H3. The van der Waals surface area contributed by atoms with E-state index in [0.29, 0.717) is 13.0 Å². The fourth-order valence-corrected chi connectivity index (χ4v) is 0.687. The Kier molecular flexibility index (Phi) is 1.33. The molecule has 0 atom stereocenters. The second-order valence-electron chi connectivity index (χ2n) is 1.90. The average Bonchev–Trinajstić information content (AvgIpc) is 2.14. The number of rotatable bonds is 0. The number of hydrogen-bond donors (Lipinski definition) is 0. The summed E-state index contributed by atoms with van der Waals surface area (Å²) in [5.41, 5.74) is 0. The zero-order chi connectivity index (χ0) is 6.85. The van der Waals surface area contributed by atoms with Gasteiger partial charge in [-0.1, -0.05) is 0 Å². The van der Waals surface area contributed by atoms with Crippen molar-refractivity contribution < 1.29 is 4.92 Å². The fraction of sp³-hybridized carbons (Fsp3) is 0.750. The van der Waals surface area contributed by atoms with Gasteiger partial charge in [0, 0.05) is 12.1 Å². The van der Waals surface area contributed by atoms with E-state index in [1.54, 1.807) is 12.1 Å². The molecule has 1 rings (SSSR count). The Hall–Kier alpha value is -1.13. The van der Waals surface area contributed by atoms with Crippen molar-refractivity contribution in [3.8, 4) is 0 Å². The summed E-state index contributed by atoms with van der Waals surface area (Å²) in [7, 11) is 1.72. The Balaban J connectivity index is 2.62. The molecule has 0 aromatic carbocycles. The SMILES string of the molecule is CN1CCC([N+](=O)[O-])=N1. The molecule has 1 aliphatic rings. The zero-order valence-corrected chi connectivity index (χ0v) is 5.07. The molecule has 0 aromatic heterocycles. The topological polar surface area (TPSA) is 58.7 Å². The number of nitro groups is 1. The van der Waals surface area contributed by atoms with Crippen LogP contribution in [0.3, 0.4) is 0 Å². The van der Waals surface area contributed by atoms with E-state index in [4.69, 9.17) is 0 Å². The summed E-state index contributed by atoms with van der Waals surface area (Å²) >= 11 is 0. The van der Waals surface area contributed by atoms with Gasteiger partial charge in [-0.15, -0.1) is 0 Å². The van der Waals surface area contributed by atoms with Crippen LogP contribution in [-0.2, 0) is 0 Å². The molecule has 0 aliphatic carbocycles. The highest BCUT2D eigenvalue weighted by atomic mass is 16.6. The van der Waals surface area contributed by atoms with Crippen molar-refractivity contribution in [1.82, 2.24) is 5.01 Å². The largest absolute Gasteiger partial charge is 0.365 e. The molecule has 5 nitrogen and oxygen atoms in total. The van der Waals surface area contributed by atoms with Gasteiger partial charge in [0.15, 0.2) is 0 Å². The average molecular weight is 129 g/mol. The van der Waals surface area contributed by atoms with Gasteiger partial charge in [-0.2, -0.15) is 0 Å². The Labute approximate surface area is 52.1 Å². The van der Waals surface area contributed by atoms with Crippen molar-refractivity contribution in [2.45, 2.75) is 6.42 Å². The van der Waals surface area contributed by atoms with Gasteiger partial charge >= 0.3 is 5.84 Å². The molecule has 0 amide bonds. The molecule has 0 N–H and O–H groups in total. The summed E-state index contributed by atoms with van der Waals surface area (Å²) in [6.07, 6.45) is 0.462. The maximum absolute atomic E-state index is 10.00. The zero-order valence-electron chi connectivity index (χ0n) is 5.07. The predicted molar refractivity (Wildman–Crippen MR) is 31.7 cm³/mol. The van der Waals surface area contributed by atoms with E-state index in [-0.39, 0.29) is 5.84 Å². The molecule has 1 aliphatic heterocycles. The summed E-state index contributed by atoms with van der Waals surface area (Å²) in [5, 5.41) is 15.2. The molecule has 9 heavy (non-hydrogen) atoms. The van der Waals surface area contributed by atoms with Crippen LogP contribution in [0.15, 0.2) is 5.10 Å². The highest BCUT2D eigenvalue weighted by Crippen LogP contribution is 2.01. The summed E-state index contributed by atoms with van der Waals surface area (Å²) in [4.78, 5) is 9.55. The Morgan fingerprint density at radius 2 is 2.56 bits per heavy atom. The van der Waals surface area contributed by atoms with Crippen LogP contribution in [0.4, 0.5) is 0 Å². The highest BCUT2D eigenvalue weighted by molar-refractivity contribution is 5.75. The Morgan fingerprint density at radius 1 is 1.89 bits per heavy atom. The minimum atomic E-state index is -0.441. The fourth-order valence-electron chi connectivity index (χ4n) is 0.687. The van der Waals surface area contributed by atoms with E-state index in [2.05, 4.69) is 5.10 Å². The van der Waals surface area contributed by atoms with Gasteiger partial charge < -0.3 is 10.1 Å². The molecule has 5 heteroatoms. The first-order chi connectivity index (χ1) is 4.20. The molecule has 0 fully saturated rings. The van der Waals surface area contributed by atoms with E-state index >= 15 is 0 Å². The maximum Gasteiger partial charge on any atom is 0.365 e. The Bertz CT molecular complexity index is 165. The predicted octanol–water partition coefficient (Wildman–Crippen LogP) is -0.0879. The van der Waals surface area contributed by atoms with Crippen LogP contribution in [0.1, 0.15) is 6.42 Å².